The van der Waals surface area contributed by atoms with E-state index in [1.807, 2.05) is 0 Å². The Morgan fingerprint density at radius 1 is 1.44 bits per heavy atom. The minimum atomic E-state index is -0.378. The average molecular weight is 260 g/mol. The van der Waals surface area contributed by atoms with E-state index in [0.29, 0.717) is 10.5 Å². The van der Waals surface area contributed by atoms with Crippen molar-refractivity contribution in [1.29, 1.82) is 0 Å². The number of amides is 1. The minimum Gasteiger partial charge on any atom is -0.383 e. The number of halogens is 1. The third-order valence-electron chi connectivity index (χ3n) is 2.35. The molecule has 1 aromatic carbocycles. The molecule has 0 aliphatic carbocycles. The van der Waals surface area contributed by atoms with Gasteiger partial charge in [0.1, 0.15) is 5.82 Å². The van der Waals surface area contributed by atoms with E-state index in [1.54, 1.807) is 31.2 Å². The molecule has 0 aliphatic rings. The summed E-state index contributed by atoms with van der Waals surface area (Å²) in [4.78, 5) is 15.9. The molecular weight excluding hydrogens is 250 g/mol. The average Bonchev–Trinajstić information content (AvgIpc) is 2.35. The maximum Gasteiger partial charge on any atom is 0.266 e. The Kier molecular flexibility index (Phi) is 3.35. The first-order chi connectivity index (χ1) is 8.61. The maximum atomic E-state index is 11.8. The van der Waals surface area contributed by atoms with E-state index in [-0.39, 0.29) is 17.3 Å². The highest BCUT2D eigenvalue weighted by Crippen LogP contribution is 2.21. The number of benzene rings is 1. The van der Waals surface area contributed by atoms with Crippen molar-refractivity contribution in [3.63, 3.8) is 0 Å². The number of nitrogens with zero attached hydrogens (tertiary/aromatic N) is 1. The van der Waals surface area contributed by atoms with Gasteiger partial charge < -0.3 is 5.73 Å². The lowest BCUT2D eigenvalue weighted by molar-refractivity contribution is 0.0974. The standard InChI is InChI=1S/C13H10ClN3O/c1-2-5-16-13(18)10-7-8-6-9(14)3-4-11(8)17-12(10)15/h3-4,6-7H,1H3,(H2,15,17)(H,16,18). The van der Waals surface area contributed by atoms with Gasteiger partial charge in [0.15, 0.2) is 0 Å². The Labute approximate surface area is 109 Å². The molecule has 0 bridgehead atoms. The minimum absolute atomic E-state index is 0.167. The van der Waals surface area contributed by atoms with Crippen molar-refractivity contribution in [2.75, 3.05) is 5.73 Å². The van der Waals surface area contributed by atoms with E-state index in [4.69, 9.17) is 17.3 Å². The van der Waals surface area contributed by atoms with Gasteiger partial charge in [-0.1, -0.05) is 17.5 Å². The molecule has 0 aliphatic heterocycles. The summed E-state index contributed by atoms with van der Waals surface area (Å²) < 4.78 is 0. The van der Waals surface area contributed by atoms with Gasteiger partial charge in [0, 0.05) is 16.5 Å². The predicted octanol–water partition coefficient (Wildman–Crippen LogP) is 2.18. The monoisotopic (exact) mass is 259 g/mol. The molecule has 90 valence electrons. The van der Waals surface area contributed by atoms with E-state index in [1.165, 1.54) is 0 Å². The second-order valence-corrected chi connectivity index (χ2v) is 4.02. The van der Waals surface area contributed by atoms with Crippen molar-refractivity contribution in [3.8, 4) is 12.0 Å². The molecule has 0 unspecified atom stereocenters. The quantitative estimate of drug-likeness (QED) is 0.609. The number of carbonyl (C=O) groups excluding carboxylic acids is 1. The third kappa shape index (κ3) is 2.36. The van der Waals surface area contributed by atoms with Crippen LogP contribution in [0.15, 0.2) is 24.3 Å². The zero-order valence-electron chi connectivity index (χ0n) is 9.62. The SMILES string of the molecule is CC#CNC(=O)c1cc2cc(Cl)ccc2nc1N. The van der Waals surface area contributed by atoms with Gasteiger partial charge in [-0.15, -0.1) is 0 Å². The van der Waals surface area contributed by atoms with Gasteiger partial charge in [0.05, 0.1) is 11.1 Å². The first-order valence-electron chi connectivity index (χ1n) is 5.19. The van der Waals surface area contributed by atoms with Crippen molar-refractivity contribution < 1.29 is 4.79 Å². The summed E-state index contributed by atoms with van der Waals surface area (Å²) in [6.07, 6.45) is 0. The Morgan fingerprint density at radius 3 is 2.94 bits per heavy atom. The molecule has 0 fully saturated rings. The van der Waals surface area contributed by atoms with Crippen LogP contribution in [0.4, 0.5) is 5.82 Å². The predicted molar refractivity (Wildman–Crippen MR) is 72.1 cm³/mol. The Morgan fingerprint density at radius 2 is 2.22 bits per heavy atom. The van der Waals surface area contributed by atoms with Gasteiger partial charge in [-0.2, -0.15) is 0 Å². The highest BCUT2D eigenvalue weighted by molar-refractivity contribution is 6.31. The van der Waals surface area contributed by atoms with Crippen molar-refractivity contribution in [3.05, 3.63) is 34.9 Å². The van der Waals surface area contributed by atoms with Crippen LogP contribution in [0.5, 0.6) is 0 Å². The Bertz CT molecular complexity index is 686. The third-order valence-corrected chi connectivity index (χ3v) is 2.59. The lowest BCUT2D eigenvalue weighted by Crippen LogP contribution is -2.19. The van der Waals surface area contributed by atoms with Crippen LogP contribution in [0.2, 0.25) is 5.02 Å². The van der Waals surface area contributed by atoms with Gasteiger partial charge >= 0.3 is 0 Å². The smallest absolute Gasteiger partial charge is 0.266 e. The van der Waals surface area contributed by atoms with Crippen molar-refractivity contribution in [2.24, 2.45) is 0 Å². The number of nitrogen functional groups attached to an aromatic ring is 1. The highest BCUT2D eigenvalue weighted by Gasteiger charge is 2.11. The normalized spacial score (nSPS) is 9.67. The van der Waals surface area contributed by atoms with Gasteiger partial charge in [-0.05, 0) is 31.2 Å². The summed E-state index contributed by atoms with van der Waals surface area (Å²) in [6.45, 7) is 1.63. The number of hydrogen-bond acceptors (Lipinski definition) is 3. The molecule has 0 atom stereocenters. The fourth-order valence-corrected chi connectivity index (χ4v) is 1.71. The molecule has 2 aromatic rings. The summed E-state index contributed by atoms with van der Waals surface area (Å²) in [7, 11) is 0. The van der Waals surface area contributed by atoms with Gasteiger partial charge in [-0.3, -0.25) is 10.1 Å². The number of aromatic nitrogens is 1. The van der Waals surface area contributed by atoms with Gasteiger partial charge in [0.25, 0.3) is 5.91 Å². The van der Waals surface area contributed by atoms with E-state index in [9.17, 15) is 4.79 Å². The number of hydrogen-bond donors (Lipinski definition) is 2. The van der Waals surface area contributed by atoms with Crippen LogP contribution in [-0.2, 0) is 0 Å². The molecule has 1 heterocycles. The fraction of sp³-hybridized carbons (Fsp3) is 0.0769. The molecule has 1 aromatic heterocycles. The van der Waals surface area contributed by atoms with Crippen LogP contribution < -0.4 is 11.1 Å². The van der Waals surface area contributed by atoms with Crippen LogP contribution in [0.25, 0.3) is 10.9 Å². The summed E-state index contributed by atoms with van der Waals surface area (Å²) in [5, 5.41) is 3.75. The van der Waals surface area contributed by atoms with Gasteiger partial charge in [-0.25, -0.2) is 4.98 Å². The first kappa shape index (κ1) is 12.2. The topological polar surface area (TPSA) is 68.0 Å². The molecule has 0 spiro atoms. The van der Waals surface area contributed by atoms with E-state index in [0.717, 1.165) is 5.39 Å². The molecule has 5 heteroatoms. The molecular formula is C13H10ClN3O. The molecule has 0 radical (unpaired) electrons. The largest absolute Gasteiger partial charge is 0.383 e. The number of rotatable bonds is 1. The summed E-state index contributed by atoms with van der Waals surface area (Å²) in [6, 6.07) is 9.32. The lowest BCUT2D eigenvalue weighted by Gasteiger charge is -2.05. The zero-order valence-corrected chi connectivity index (χ0v) is 10.4. The number of anilines is 1. The fourth-order valence-electron chi connectivity index (χ4n) is 1.53. The van der Waals surface area contributed by atoms with Crippen LogP contribution in [0.1, 0.15) is 17.3 Å². The molecule has 1 amide bonds. The van der Waals surface area contributed by atoms with Crippen molar-refractivity contribution in [1.82, 2.24) is 10.3 Å². The number of pyridine rings is 1. The number of nitrogens with one attached hydrogen (secondary N) is 1. The summed E-state index contributed by atoms with van der Waals surface area (Å²) in [5.74, 6) is 2.36. The second kappa shape index (κ2) is 4.94. The number of carbonyl (C=O) groups is 1. The van der Waals surface area contributed by atoms with Crippen LogP contribution in [0.3, 0.4) is 0 Å². The van der Waals surface area contributed by atoms with Crippen LogP contribution in [-0.4, -0.2) is 10.9 Å². The molecule has 2 rings (SSSR count). The van der Waals surface area contributed by atoms with E-state index >= 15 is 0 Å². The molecule has 0 saturated carbocycles. The maximum absolute atomic E-state index is 11.8. The number of nitrogens with two attached hydrogens (primary N) is 1. The Hall–Kier alpha value is -2.25. The number of fused-ring (bicyclic) bond motifs is 1. The highest BCUT2D eigenvalue weighted by atomic mass is 35.5. The van der Waals surface area contributed by atoms with Crippen molar-refractivity contribution >= 4 is 34.2 Å². The molecule has 0 saturated heterocycles. The summed E-state index contributed by atoms with van der Waals surface area (Å²) in [5.41, 5.74) is 6.72. The van der Waals surface area contributed by atoms with Gasteiger partial charge in [0.2, 0.25) is 0 Å². The first-order valence-corrected chi connectivity index (χ1v) is 5.57. The van der Waals surface area contributed by atoms with E-state index < -0.39 is 0 Å². The molecule has 3 N–H and O–H groups in total. The van der Waals surface area contributed by atoms with Crippen LogP contribution in [0, 0.1) is 12.0 Å². The van der Waals surface area contributed by atoms with Crippen molar-refractivity contribution in [2.45, 2.75) is 6.92 Å². The summed E-state index contributed by atoms with van der Waals surface area (Å²) >= 11 is 5.89. The lowest BCUT2D eigenvalue weighted by atomic mass is 10.1. The second-order valence-electron chi connectivity index (χ2n) is 3.59. The Balaban J connectivity index is 2.53. The molecule has 18 heavy (non-hydrogen) atoms. The molecule has 4 nitrogen and oxygen atoms in total. The van der Waals surface area contributed by atoms with E-state index in [2.05, 4.69) is 22.3 Å². The van der Waals surface area contributed by atoms with Crippen LogP contribution >= 0.6 is 11.6 Å². The zero-order chi connectivity index (χ0) is 13.1.